The molecule has 2 aromatic heterocycles. The van der Waals surface area contributed by atoms with Crippen LogP contribution in [0.2, 0.25) is 0 Å². The summed E-state index contributed by atoms with van der Waals surface area (Å²) in [7, 11) is 0. The third kappa shape index (κ3) is 2.27. The lowest BCUT2D eigenvalue weighted by Gasteiger charge is -2.19. The molecule has 1 aliphatic heterocycles. The van der Waals surface area contributed by atoms with Crippen molar-refractivity contribution in [3.63, 3.8) is 0 Å². The zero-order chi connectivity index (χ0) is 14.2. The minimum Gasteiger partial charge on any atom is -0.493 e. The molecular weight excluding hydrogens is 298 g/mol. The summed E-state index contributed by atoms with van der Waals surface area (Å²) in [5.74, 6) is 1.10. The normalized spacial score (nSPS) is 15.1. The molecule has 0 radical (unpaired) electrons. The zero-order valence-electron chi connectivity index (χ0n) is 11.9. The van der Waals surface area contributed by atoms with E-state index in [1.807, 2.05) is 22.7 Å². The first-order valence-corrected chi connectivity index (χ1v) is 9.01. The second-order valence-corrected chi connectivity index (χ2v) is 7.29. The van der Waals surface area contributed by atoms with Gasteiger partial charge in [0.1, 0.15) is 5.75 Å². The Balaban J connectivity index is 1.81. The Morgan fingerprint density at radius 3 is 3.10 bits per heavy atom. The average molecular weight is 315 g/mol. The molecule has 1 atom stereocenters. The van der Waals surface area contributed by atoms with Gasteiger partial charge in [-0.2, -0.15) is 0 Å². The van der Waals surface area contributed by atoms with E-state index < -0.39 is 0 Å². The first kappa shape index (κ1) is 13.3. The van der Waals surface area contributed by atoms with Crippen LogP contribution in [0.15, 0.2) is 35.7 Å². The fourth-order valence-electron chi connectivity index (χ4n) is 2.96. The molecule has 1 aliphatic rings. The lowest BCUT2D eigenvalue weighted by Crippen LogP contribution is -2.21. The van der Waals surface area contributed by atoms with Crippen LogP contribution in [0.3, 0.4) is 0 Å². The molecule has 0 amide bonds. The van der Waals surface area contributed by atoms with Crippen molar-refractivity contribution in [3.8, 4) is 5.75 Å². The van der Waals surface area contributed by atoms with Gasteiger partial charge < -0.3 is 10.1 Å². The van der Waals surface area contributed by atoms with Crippen molar-refractivity contribution in [1.29, 1.82) is 0 Å². The summed E-state index contributed by atoms with van der Waals surface area (Å²) < 4.78 is 8.66. The van der Waals surface area contributed by atoms with Crippen LogP contribution in [0.1, 0.15) is 29.0 Å². The van der Waals surface area contributed by atoms with Gasteiger partial charge in [-0.1, -0.05) is 25.1 Å². The number of ether oxygens (including phenoxy) is 1. The predicted molar refractivity (Wildman–Crippen MR) is 90.9 cm³/mol. The van der Waals surface area contributed by atoms with Gasteiger partial charge in [-0.15, -0.1) is 22.7 Å². The lowest BCUT2D eigenvalue weighted by atomic mass is 10.0. The van der Waals surface area contributed by atoms with E-state index in [4.69, 9.17) is 4.74 Å². The number of hydrogen-bond donors (Lipinski definition) is 1. The summed E-state index contributed by atoms with van der Waals surface area (Å²) >= 11 is 3.70. The molecule has 0 bridgehead atoms. The number of thiophene rings is 2. The Bertz CT molecular complexity index is 746. The van der Waals surface area contributed by atoms with Crippen LogP contribution in [0.25, 0.3) is 9.40 Å². The van der Waals surface area contributed by atoms with Gasteiger partial charge in [0.2, 0.25) is 0 Å². The largest absolute Gasteiger partial charge is 0.493 e. The number of nitrogens with one attached hydrogen (secondary N) is 1. The molecule has 0 aliphatic carbocycles. The fourth-order valence-corrected chi connectivity index (χ4v) is 5.18. The van der Waals surface area contributed by atoms with Crippen molar-refractivity contribution in [2.24, 2.45) is 0 Å². The maximum atomic E-state index is 5.90. The van der Waals surface area contributed by atoms with E-state index in [2.05, 4.69) is 48.0 Å². The molecule has 3 aromatic rings. The first-order chi connectivity index (χ1) is 10.4. The Morgan fingerprint density at radius 1 is 1.29 bits per heavy atom. The van der Waals surface area contributed by atoms with Crippen molar-refractivity contribution in [1.82, 2.24) is 5.32 Å². The van der Waals surface area contributed by atoms with Crippen LogP contribution < -0.4 is 10.1 Å². The Morgan fingerprint density at radius 2 is 2.24 bits per heavy atom. The van der Waals surface area contributed by atoms with Crippen LogP contribution in [-0.2, 0) is 6.42 Å². The fraction of sp³-hybridized carbons (Fsp3) is 0.294. The number of hydrogen-bond acceptors (Lipinski definition) is 4. The molecule has 2 nitrogen and oxygen atoms in total. The lowest BCUT2D eigenvalue weighted by molar-refractivity contribution is 0.351. The molecule has 1 N–H and O–H groups in total. The highest BCUT2D eigenvalue weighted by atomic mass is 32.1. The Kier molecular flexibility index (Phi) is 3.45. The molecule has 0 saturated heterocycles. The van der Waals surface area contributed by atoms with Crippen LogP contribution >= 0.6 is 22.7 Å². The maximum absolute atomic E-state index is 5.90. The second kappa shape index (κ2) is 5.44. The first-order valence-electron chi connectivity index (χ1n) is 7.31. The van der Waals surface area contributed by atoms with Crippen LogP contribution in [-0.4, -0.2) is 13.2 Å². The summed E-state index contributed by atoms with van der Waals surface area (Å²) in [6.07, 6.45) is 1.03. The average Bonchev–Trinajstić information content (AvgIpc) is 3.18. The number of benzene rings is 1. The van der Waals surface area contributed by atoms with Crippen molar-refractivity contribution >= 4 is 32.1 Å². The van der Waals surface area contributed by atoms with Gasteiger partial charge in [0.25, 0.3) is 0 Å². The van der Waals surface area contributed by atoms with E-state index in [-0.39, 0.29) is 6.04 Å². The number of para-hydroxylation sites is 1. The van der Waals surface area contributed by atoms with E-state index in [0.717, 1.165) is 25.3 Å². The molecule has 3 heterocycles. The highest BCUT2D eigenvalue weighted by Crippen LogP contribution is 2.40. The van der Waals surface area contributed by atoms with Gasteiger partial charge in [0.05, 0.1) is 12.6 Å². The summed E-state index contributed by atoms with van der Waals surface area (Å²) in [5, 5.41) is 5.79. The van der Waals surface area contributed by atoms with Crippen LogP contribution in [0.4, 0.5) is 0 Å². The molecule has 4 heteroatoms. The van der Waals surface area contributed by atoms with Crippen LogP contribution in [0.5, 0.6) is 5.75 Å². The minimum absolute atomic E-state index is 0.229. The Hall–Kier alpha value is -1.36. The third-order valence-corrected chi connectivity index (χ3v) is 6.07. The highest BCUT2D eigenvalue weighted by Gasteiger charge is 2.24. The molecule has 0 spiro atoms. The summed E-state index contributed by atoms with van der Waals surface area (Å²) in [4.78, 5) is 1.38. The molecule has 1 unspecified atom stereocenters. The highest BCUT2D eigenvalue weighted by molar-refractivity contribution is 7.27. The minimum atomic E-state index is 0.229. The van der Waals surface area contributed by atoms with E-state index in [1.54, 1.807) is 0 Å². The predicted octanol–water partition coefficient (Wildman–Crippen LogP) is 4.60. The second-order valence-electron chi connectivity index (χ2n) is 5.22. The maximum Gasteiger partial charge on any atom is 0.127 e. The van der Waals surface area contributed by atoms with Gasteiger partial charge in [0.15, 0.2) is 0 Å². The summed E-state index contributed by atoms with van der Waals surface area (Å²) in [6, 6.07) is 11.3. The summed E-state index contributed by atoms with van der Waals surface area (Å²) in [5.41, 5.74) is 2.62. The van der Waals surface area contributed by atoms with E-state index >= 15 is 0 Å². The van der Waals surface area contributed by atoms with Gasteiger partial charge >= 0.3 is 0 Å². The number of rotatable bonds is 4. The molecule has 0 fully saturated rings. The van der Waals surface area contributed by atoms with Gasteiger partial charge in [-0.3, -0.25) is 0 Å². The van der Waals surface area contributed by atoms with Crippen molar-refractivity contribution in [3.05, 3.63) is 51.7 Å². The molecule has 21 heavy (non-hydrogen) atoms. The molecular formula is C17H17NOS2. The quantitative estimate of drug-likeness (QED) is 0.760. The third-order valence-electron chi connectivity index (χ3n) is 3.91. The Labute approximate surface area is 132 Å². The van der Waals surface area contributed by atoms with Gasteiger partial charge in [-0.05, 0) is 29.6 Å². The van der Waals surface area contributed by atoms with E-state index in [0.29, 0.717) is 0 Å². The SMILES string of the molecule is CCNC(c1cc2sccc2s1)c1cccc2c1OCC2. The topological polar surface area (TPSA) is 21.3 Å². The van der Waals surface area contributed by atoms with Crippen molar-refractivity contribution in [2.75, 3.05) is 13.2 Å². The molecule has 0 saturated carbocycles. The van der Waals surface area contributed by atoms with Crippen molar-refractivity contribution in [2.45, 2.75) is 19.4 Å². The van der Waals surface area contributed by atoms with Crippen LogP contribution in [0, 0.1) is 0 Å². The van der Waals surface area contributed by atoms with E-state index in [9.17, 15) is 0 Å². The van der Waals surface area contributed by atoms with Gasteiger partial charge in [0, 0.05) is 26.3 Å². The monoisotopic (exact) mass is 315 g/mol. The number of fused-ring (bicyclic) bond motifs is 2. The summed E-state index contributed by atoms with van der Waals surface area (Å²) in [6.45, 7) is 3.91. The van der Waals surface area contributed by atoms with Gasteiger partial charge in [-0.25, -0.2) is 0 Å². The smallest absolute Gasteiger partial charge is 0.127 e. The van der Waals surface area contributed by atoms with Crippen molar-refractivity contribution < 1.29 is 4.74 Å². The molecule has 4 rings (SSSR count). The van der Waals surface area contributed by atoms with E-state index in [1.165, 1.54) is 25.4 Å². The zero-order valence-corrected chi connectivity index (χ0v) is 13.5. The standard InChI is InChI=1S/C17H17NOS2/c1-2-18-16(15-10-14-13(21-15)7-9-20-14)12-5-3-4-11-6-8-19-17(11)12/h3-5,7,9-10,16,18H,2,6,8H2,1H3. The molecule has 1 aromatic carbocycles. The molecule has 108 valence electrons.